The number of esters is 1. The fourth-order valence-corrected chi connectivity index (χ4v) is 2.90. The fourth-order valence-electron chi connectivity index (χ4n) is 2.90. The Morgan fingerprint density at radius 3 is 1.96 bits per heavy atom. The Morgan fingerprint density at radius 2 is 1.42 bits per heavy atom. The summed E-state index contributed by atoms with van der Waals surface area (Å²) in [6.07, 6.45) is 1.88. The van der Waals surface area contributed by atoms with Gasteiger partial charge in [0, 0.05) is 12.5 Å². The van der Waals surface area contributed by atoms with Crippen molar-refractivity contribution in [3.63, 3.8) is 0 Å². The van der Waals surface area contributed by atoms with Crippen LogP contribution in [0.1, 0.15) is 11.1 Å². The van der Waals surface area contributed by atoms with E-state index >= 15 is 0 Å². The number of hydrogen-bond acceptors (Lipinski definition) is 2. The minimum Gasteiger partial charge on any atom is -0.462 e. The first-order valence-corrected chi connectivity index (χ1v) is 8.72. The van der Waals surface area contributed by atoms with Crippen LogP contribution in [-0.4, -0.2) is 12.6 Å². The number of hydrogen-bond donors (Lipinski definition) is 0. The van der Waals surface area contributed by atoms with Crippen LogP contribution >= 0.6 is 0 Å². The van der Waals surface area contributed by atoms with Crippen molar-refractivity contribution in [1.29, 1.82) is 0 Å². The normalized spacial score (nSPS) is 10.3. The molecule has 0 radical (unpaired) electrons. The van der Waals surface area contributed by atoms with E-state index in [9.17, 15) is 4.79 Å². The number of rotatable bonds is 6. The predicted molar refractivity (Wildman–Crippen MR) is 107 cm³/mol. The van der Waals surface area contributed by atoms with Gasteiger partial charge in [-0.2, -0.15) is 0 Å². The molecule has 3 aromatic carbocycles. The zero-order valence-electron chi connectivity index (χ0n) is 14.9. The maximum absolute atomic E-state index is 11.1. The van der Waals surface area contributed by atoms with Gasteiger partial charge >= 0.3 is 5.97 Å². The lowest BCUT2D eigenvalue weighted by atomic mass is 9.93. The van der Waals surface area contributed by atoms with Crippen molar-refractivity contribution in [3.05, 3.63) is 96.6 Å². The molecule has 0 aliphatic heterocycles. The third-order valence-electron chi connectivity index (χ3n) is 4.36. The number of carbonyl (C=O) groups excluding carboxylic acids is 1. The number of benzene rings is 3. The summed E-state index contributed by atoms with van der Waals surface area (Å²) < 4.78 is 5.04. The highest BCUT2D eigenvalue weighted by molar-refractivity contribution is 5.83. The topological polar surface area (TPSA) is 26.3 Å². The van der Waals surface area contributed by atoms with Gasteiger partial charge in [-0.1, -0.05) is 84.9 Å². The average Bonchev–Trinajstić information content (AvgIpc) is 2.69. The van der Waals surface area contributed by atoms with Crippen LogP contribution in [0.3, 0.4) is 0 Å². The minimum absolute atomic E-state index is 0.365. The Balaban J connectivity index is 1.80. The van der Waals surface area contributed by atoms with Crippen LogP contribution in [-0.2, 0) is 16.0 Å². The Morgan fingerprint density at radius 1 is 0.885 bits per heavy atom. The molecule has 3 aromatic rings. The van der Waals surface area contributed by atoms with Gasteiger partial charge in [-0.25, -0.2) is 4.79 Å². The molecule has 3 rings (SSSR count). The van der Waals surface area contributed by atoms with Crippen LogP contribution in [0.25, 0.3) is 22.3 Å². The second kappa shape index (κ2) is 8.30. The first-order chi connectivity index (χ1) is 12.7. The molecule has 0 amide bonds. The Kier molecular flexibility index (Phi) is 5.65. The van der Waals surface area contributed by atoms with Gasteiger partial charge in [-0.15, -0.1) is 0 Å². The summed E-state index contributed by atoms with van der Waals surface area (Å²) in [5.74, 6) is -0.381. The van der Waals surface area contributed by atoms with Crippen molar-refractivity contribution < 1.29 is 9.53 Å². The van der Waals surface area contributed by atoms with Crippen LogP contribution < -0.4 is 0 Å². The summed E-state index contributed by atoms with van der Waals surface area (Å²) in [5.41, 5.74) is 7.21. The molecule has 2 heteroatoms. The maximum Gasteiger partial charge on any atom is 0.330 e. The molecule has 0 aliphatic rings. The molecule has 0 saturated carbocycles. The van der Waals surface area contributed by atoms with E-state index in [4.69, 9.17) is 4.74 Å². The standard InChI is InChI=1S/C24H22O2/c1-3-24(25)26-17-16-19-10-14-21(15-11-19)23-7-5-4-6-22(23)20-12-8-18(2)9-13-20/h3-15H,1,16-17H2,2H3. The van der Waals surface area contributed by atoms with E-state index in [1.165, 1.54) is 33.9 Å². The van der Waals surface area contributed by atoms with E-state index < -0.39 is 0 Å². The Hall–Kier alpha value is -3.13. The molecule has 26 heavy (non-hydrogen) atoms. The summed E-state index contributed by atoms with van der Waals surface area (Å²) >= 11 is 0. The third kappa shape index (κ3) is 4.28. The second-order valence-electron chi connectivity index (χ2n) is 6.23. The molecule has 0 saturated heterocycles. The largest absolute Gasteiger partial charge is 0.462 e. The summed E-state index contributed by atoms with van der Waals surface area (Å²) in [7, 11) is 0. The second-order valence-corrected chi connectivity index (χ2v) is 6.23. The Labute approximate surface area is 154 Å². The van der Waals surface area contributed by atoms with Crippen molar-refractivity contribution in [2.75, 3.05) is 6.61 Å². The molecule has 0 atom stereocenters. The monoisotopic (exact) mass is 342 g/mol. The van der Waals surface area contributed by atoms with Crippen molar-refractivity contribution in [2.45, 2.75) is 13.3 Å². The molecule has 0 bridgehead atoms. The molecule has 0 unspecified atom stereocenters. The van der Waals surface area contributed by atoms with Crippen LogP contribution in [0, 0.1) is 6.92 Å². The van der Waals surface area contributed by atoms with E-state index in [1.807, 2.05) is 0 Å². The van der Waals surface area contributed by atoms with Crippen molar-refractivity contribution in [2.24, 2.45) is 0 Å². The van der Waals surface area contributed by atoms with Crippen LogP contribution in [0.4, 0.5) is 0 Å². The molecule has 0 N–H and O–H groups in total. The van der Waals surface area contributed by atoms with Crippen LogP contribution in [0.5, 0.6) is 0 Å². The molecule has 2 nitrogen and oxygen atoms in total. The first-order valence-electron chi connectivity index (χ1n) is 8.72. The van der Waals surface area contributed by atoms with Crippen molar-refractivity contribution >= 4 is 5.97 Å². The van der Waals surface area contributed by atoms with E-state index in [-0.39, 0.29) is 5.97 Å². The predicted octanol–water partition coefficient (Wildman–Crippen LogP) is 5.60. The fraction of sp³-hybridized carbons (Fsp3) is 0.125. The average molecular weight is 342 g/mol. The van der Waals surface area contributed by atoms with Gasteiger partial charge in [-0.05, 0) is 34.7 Å². The number of carbonyl (C=O) groups is 1. The molecular weight excluding hydrogens is 320 g/mol. The molecular formula is C24H22O2. The zero-order valence-corrected chi connectivity index (χ0v) is 14.9. The lowest BCUT2D eigenvalue weighted by Gasteiger charge is -2.11. The molecule has 130 valence electrons. The van der Waals surface area contributed by atoms with Gasteiger partial charge in [0.15, 0.2) is 0 Å². The van der Waals surface area contributed by atoms with Crippen molar-refractivity contribution in [3.8, 4) is 22.3 Å². The maximum atomic E-state index is 11.1. The molecule has 0 aliphatic carbocycles. The third-order valence-corrected chi connectivity index (χ3v) is 4.36. The number of ether oxygens (including phenoxy) is 1. The van der Waals surface area contributed by atoms with Gasteiger partial charge in [-0.3, -0.25) is 0 Å². The molecule has 0 heterocycles. The Bertz CT molecular complexity index is 890. The van der Waals surface area contributed by atoms with E-state index in [0.717, 1.165) is 5.56 Å². The highest BCUT2D eigenvalue weighted by Gasteiger charge is 2.07. The lowest BCUT2D eigenvalue weighted by Crippen LogP contribution is -2.04. The van der Waals surface area contributed by atoms with Gasteiger partial charge in [0.2, 0.25) is 0 Å². The summed E-state index contributed by atoms with van der Waals surface area (Å²) in [4.78, 5) is 11.1. The zero-order chi connectivity index (χ0) is 18.4. The van der Waals surface area contributed by atoms with Gasteiger partial charge in [0.25, 0.3) is 0 Å². The smallest absolute Gasteiger partial charge is 0.330 e. The first kappa shape index (κ1) is 17.7. The lowest BCUT2D eigenvalue weighted by molar-refractivity contribution is -0.137. The van der Waals surface area contributed by atoms with E-state index in [2.05, 4.69) is 86.3 Å². The SMILES string of the molecule is C=CC(=O)OCCc1ccc(-c2ccccc2-c2ccc(C)cc2)cc1. The quantitative estimate of drug-likeness (QED) is 0.430. The summed E-state index contributed by atoms with van der Waals surface area (Å²) in [6.45, 7) is 5.86. The molecule has 0 aromatic heterocycles. The van der Waals surface area contributed by atoms with E-state index in [0.29, 0.717) is 13.0 Å². The molecule has 0 fully saturated rings. The van der Waals surface area contributed by atoms with Crippen molar-refractivity contribution in [1.82, 2.24) is 0 Å². The van der Waals surface area contributed by atoms with Gasteiger partial charge in [0.1, 0.15) is 0 Å². The summed E-state index contributed by atoms with van der Waals surface area (Å²) in [5, 5.41) is 0. The van der Waals surface area contributed by atoms with Gasteiger partial charge in [0.05, 0.1) is 6.61 Å². The van der Waals surface area contributed by atoms with Crippen LogP contribution in [0.2, 0.25) is 0 Å². The van der Waals surface area contributed by atoms with E-state index in [1.54, 1.807) is 0 Å². The highest BCUT2D eigenvalue weighted by atomic mass is 16.5. The minimum atomic E-state index is -0.381. The summed E-state index contributed by atoms with van der Waals surface area (Å²) in [6, 6.07) is 25.5. The highest BCUT2D eigenvalue weighted by Crippen LogP contribution is 2.32. The van der Waals surface area contributed by atoms with Crippen LogP contribution in [0.15, 0.2) is 85.5 Å². The van der Waals surface area contributed by atoms with Gasteiger partial charge < -0.3 is 4.74 Å². The number of aryl methyl sites for hydroxylation is 1. The molecule has 0 spiro atoms.